The molecule has 1 aliphatic heterocycles. The van der Waals surface area contributed by atoms with Gasteiger partial charge in [-0.25, -0.2) is 0 Å². The Bertz CT molecular complexity index is 618. The number of carboxylic acids is 1. The highest BCUT2D eigenvalue weighted by Crippen LogP contribution is 2.33. The van der Waals surface area contributed by atoms with Crippen molar-refractivity contribution in [2.24, 2.45) is 0 Å². The Balaban J connectivity index is 1.68. The molecule has 3 heteroatoms. The van der Waals surface area contributed by atoms with Crippen LogP contribution in [0.2, 0.25) is 0 Å². The van der Waals surface area contributed by atoms with Crippen LogP contribution in [0.1, 0.15) is 23.5 Å². The third-order valence-electron chi connectivity index (χ3n) is 4.09. The molecule has 2 aromatic carbocycles. The number of para-hydroxylation sites is 1. The fourth-order valence-electron chi connectivity index (χ4n) is 2.88. The Morgan fingerprint density at radius 2 is 1.71 bits per heavy atom. The van der Waals surface area contributed by atoms with Gasteiger partial charge in [-0.3, -0.25) is 4.79 Å². The second-order valence-corrected chi connectivity index (χ2v) is 5.54. The predicted molar refractivity (Wildman–Crippen MR) is 83.8 cm³/mol. The molecule has 3 nitrogen and oxygen atoms in total. The topological polar surface area (TPSA) is 40.5 Å². The van der Waals surface area contributed by atoms with Crippen LogP contribution in [0.25, 0.3) is 0 Å². The molecule has 0 aliphatic carbocycles. The van der Waals surface area contributed by atoms with Gasteiger partial charge in [0, 0.05) is 31.1 Å². The van der Waals surface area contributed by atoms with Crippen molar-refractivity contribution in [3.8, 4) is 0 Å². The zero-order valence-corrected chi connectivity index (χ0v) is 11.9. The lowest BCUT2D eigenvalue weighted by Crippen LogP contribution is -2.45. The van der Waals surface area contributed by atoms with Gasteiger partial charge in [-0.05, 0) is 23.6 Å². The van der Waals surface area contributed by atoms with Crippen LogP contribution in [-0.4, -0.2) is 24.2 Å². The molecule has 1 saturated heterocycles. The van der Waals surface area contributed by atoms with Crippen molar-refractivity contribution >= 4 is 11.7 Å². The lowest BCUT2D eigenvalue weighted by molar-refractivity contribution is -0.136. The maximum Gasteiger partial charge on any atom is 0.303 e. The van der Waals surface area contributed by atoms with E-state index in [0.717, 1.165) is 18.7 Å². The quantitative estimate of drug-likeness (QED) is 0.914. The van der Waals surface area contributed by atoms with Crippen molar-refractivity contribution in [1.82, 2.24) is 0 Å². The first-order valence-electron chi connectivity index (χ1n) is 7.33. The summed E-state index contributed by atoms with van der Waals surface area (Å²) >= 11 is 0. The summed E-state index contributed by atoms with van der Waals surface area (Å²) in [5.41, 5.74) is 3.70. The minimum absolute atomic E-state index is 0.187. The predicted octanol–water partition coefficient (Wildman–Crippen LogP) is 3.31. The van der Waals surface area contributed by atoms with E-state index in [1.54, 1.807) is 0 Å². The lowest BCUT2D eigenvalue weighted by atomic mass is 9.90. The SMILES string of the molecule is O=C(O)CCc1ccccc1N1CC(c2ccccc2)C1. The summed E-state index contributed by atoms with van der Waals surface area (Å²) < 4.78 is 0. The molecule has 0 amide bonds. The van der Waals surface area contributed by atoms with E-state index < -0.39 is 5.97 Å². The largest absolute Gasteiger partial charge is 0.481 e. The van der Waals surface area contributed by atoms with Crippen LogP contribution < -0.4 is 4.90 Å². The summed E-state index contributed by atoms with van der Waals surface area (Å²) in [5.74, 6) is -0.158. The Morgan fingerprint density at radius 1 is 1.05 bits per heavy atom. The van der Waals surface area contributed by atoms with E-state index in [1.165, 1.54) is 11.3 Å². The van der Waals surface area contributed by atoms with E-state index in [-0.39, 0.29) is 6.42 Å². The number of benzene rings is 2. The van der Waals surface area contributed by atoms with Crippen LogP contribution in [-0.2, 0) is 11.2 Å². The van der Waals surface area contributed by atoms with Gasteiger partial charge in [0.2, 0.25) is 0 Å². The number of hydrogen-bond acceptors (Lipinski definition) is 2. The minimum Gasteiger partial charge on any atom is -0.481 e. The van der Waals surface area contributed by atoms with E-state index in [2.05, 4.69) is 35.2 Å². The highest BCUT2D eigenvalue weighted by Gasteiger charge is 2.29. The molecule has 21 heavy (non-hydrogen) atoms. The number of hydrogen-bond donors (Lipinski definition) is 1. The minimum atomic E-state index is -0.740. The van der Waals surface area contributed by atoms with Gasteiger partial charge in [0.15, 0.2) is 0 Å². The summed E-state index contributed by atoms with van der Waals surface area (Å²) in [5, 5.41) is 8.85. The van der Waals surface area contributed by atoms with Gasteiger partial charge in [-0.1, -0.05) is 48.5 Å². The molecule has 0 bridgehead atoms. The monoisotopic (exact) mass is 281 g/mol. The first-order chi connectivity index (χ1) is 10.2. The molecule has 0 unspecified atom stereocenters. The Labute approximate surface area is 124 Å². The van der Waals surface area contributed by atoms with Gasteiger partial charge in [-0.2, -0.15) is 0 Å². The van der Waals surface area contributed by atoms with E-state index >= 15 is 0 Å². The van der Waals surface area contributed by atoms with Gasteiger partial charge >= 0.3 is 5.97 Å². The fourth-order valence-corrected chi connectivity index (χ4v) is 2.88. The average molecular weight is 281 g/mol. The van der Waals surface area contributed by atoms with Crippen molar-refractivity contribution in [1.29, 1.82) is 0 Å². The van der Waals surface area contributed by atoms with Crippen LogP contribution >= 0.6 is 0 Å². The molecule has 1 N–H and O–H groups in total. The molecule has 0 saturated carbocycles. The highest BCUT2D eigenvalue weighted by atomic mass is 16.4. The molecular formula is C18H19NO2. The lowest BCUT2D eigenvalue weighted by Gasteiger charge is -2.42. The molecule has 0 radical (unpaired) electrons. The summed E-state index contributed by atoms with van der Waals surface area (Å²) in [6.07, 6.45) is 0.783. The maximum atomic E-state index is 10.8. The number of anilines is 1. The van der Waals surface area contributed by atoms with Crippen LogP contribution in [0, 0.1) is 0 Å². The number of rotatable bonds is 5. The molecule has 0 atom stereocenters. The maximum absolute atomic E-state index is 10.8. The Morgan fingerprint density at radius 3 is 2.43 bits per heavy atom. The first kappa shape index (κ1) is 13.7. The number of aryl methyl sites for hydroxylation is 1. The fraction of sp³-hybridized carbons (Fsp3) is 0.278. The second-order valence-electron chi connectivity index (χ2n) is 5.54. The summed E-state index contributed by atoms with van der Waals surface area (Å²) in [4.78, 5) is 13.1. The zero-order chi connectivity index (χ0) is 14.7. The molecule has 1 heterocycles. The molecular weight excluding hydrogens is 262 g/mol. The molecule has 108 valence electrons. The molecule has 0 spiro atoms. The van der Waals surface area contributed by atoms with Crippen molar-refractivity contribution in [3.05, 3.63) is 65.7 Å². The Kier molecular flexibility index (Phi) is 3.91. The van der Waals surface area contributed by atoms with Crippen LogP contribution in [0.3, 0.4) is 0 Å². The van der Waals surface area contributed by atoms with Crippen molar-refractivity contribution in [3.63, 3.8) is 0 Å². The van der Waals surface area contributed by atoms with Gasteiger partial charge in [0.25, 0.3) is 0 Å². The first-order valence-corrected chi connectivity index (χ1v) is 7.33. The van der Waals surface area contributed by atoms with E-state index in [1.807, 2.05) is 24.3 Å². The van der Waals surface area contributed by atoms with Crippen molar-refractivity contribution in [2.45, 2.75) is 18.8 Å². The third-order valence-corrected chi connectivity index (χ3v) is 4.09. The van der Waals surface area contributed by atoms with Gasteiger partial charge in [0.1, 0.15) is 0 Å². The van der Waals surface area contributed by atoms with Gasteiger partial charge in [0.05, 0.1) is 0 Å². The van der Waals surface area contributed by atoms with Crippen molar-refractivity contribution in [2.75, 3.05) is 18.0 Å². The van der Waals surface area contributed by atoms with Gasteiger partial charge < -0.3 is 10.0 Å². The van der Waals surface area contributed by atoms with E-state index in [9.17, 15) is 4.79 Å². The number of nitrogens with zero attached hydrogens (tertiary/aromatic N) is 1. The van der Waals surface area contributed by atoms with E-state index in [0.29, 0.717) is 12.3 Å². The van der Waals surface area contributed by atoms with Crippen molar-refractivity contribution < 1.29 is 9.90 Å². The van der Waals surface area contributed by atoms with E-state index in [4.69, 9.17) is 5.11 Å². The molecule has 3 rings (SSSR count). The molecule has 0 aromatic heterocycles. The number of carboxylic acid groups (broad SMARTS) is 1. The number of aliphatic carboxylic acids is 1. The highest BCUT2D eigenvalue weighted by molar-refractivity contribution is 5.68. The standard InChI is InChI=1S/C18H19NO2/c20-18(21)11-10-15-8-4-5-9-17(15)19-12-16(13-19)14-6-2-1-3-7-14/h1-9,16H,10-13H2,(H,20,21). The average Bonchev–Trinajstić information content (AvgIpc) is 2.46. The van der Waals surface area contributed by atoms with Crippen LogP contribution in [0.15, 0.2) is 54.6 Å². The third kappa shape index (κ3) is 3.07. The molecule has 1 aliphatic rings. The summed E-state index contributed by atoms with van der Waals surface area (Å²) in [7, 11) is 0. The summed E-state index contributed by atoms with van der Waals surface area (Å²) in [6.45, 7) is 2.02. The Hall–Kier alpha value is -2.29. The summed E-state index contributed by atoms with van der Waals surface area (Å²) in [6, 6.07) is 18.7. The van der Waals surface area contributed by atoms with Gasteiger partial charge in [-0.15, -0.1) is 0 Å². The number of carbonyl (C=O) groups is 1. The normalized spacial score (nSPS) is 14.8. The van der Waals surface area contributed by atoms with Crippen LogP contribution in [0.4, 0.5) is 5.69 Å². The second kappa shape index (κ2) is 6.00. The molecule has 1 fully saturated rings. The zero-order valence-electron chi connectivity index (χ0n) is 11.9. The van der Waals surface area contributed by atoms with Crippen LogP contribution in [0.5, 0.6) is 0 Å². The molecule has 2 aromatic rings. The smallest absolute Gasteiger partial charge is 0.303 e.